The van der Waals surface area contributed by atoms with E-state index in [0.717, 1.165) is 17.5 Å². The van der Waals surface area contributed by atoms with Gasteiger partial charge >= 0.3 is 0 Å². The maximum Gasteiger partial charge on any atom is 0.0702 e. The number of unbranched alkanes of at least 4 members (excludes halogenated alkanes) is 5. The molecule has 0 unspecified atom stereocenters. The Kier molecular flexibility index (Phi) is 9.93. The summed E-state index contributed by atoms with van der Waals surface area (Å²) in [4.78, 5) is 4.77. The summed E-state index contributed by atoms with van der Waals surface area (Å²) < 4.78 is 0. The molecule has 2 aromatic rings. The molecular weight excluding hydrogens is 362 g/mol. The van der Waals surface area contributed by atoms with E-state index in [1.165, 1.54) is 107 Å². The van der Waals surface area contributed by atoms with Gasteiger partial charge in [-0.25, -0.2) is 0 Å². The third-order valence-corrected chi connectivity index (χ3v) is 7.28. The van der Waals surface area contributed by atoms with Crippen molar-refractivity contribution in [1.82, 2.24) is 4.98 Å². The molecule has 1 aliphatic rings. The largest absolute Gasteiger partial charge is 0.256 e. The third kappa shape index (κ3) is 7.56. The second-order valence-corrected chi connectivity index (χ2v) is 9.60. The van der Waals surface area contributed by atoms with E-state index in [1.807, 2.05) is 0 Å². The summed E-state index contributed by atoms with van der Waals surface area (Å²) in [5.41, 5.74) is 5.21. The lowest BCUT2D eigenvalue weighted by Crippen LogP contribution is -2.14. The lowest BCUT2D eigenvalue weighted by Gasteiger charge is -2.27. The quantitative estimate of drug-likeness (QED) is 0.321. The van der Waals surface area contributed by atoms with Crippen LogP contribution in [0.25, 0.3) is 11.3 Å². The number of benzene rings is 1. The predicted molar refractivity (Wildman–Crippen MR) is 131 cm³/mol. The number of pyridine rings is 1. The van der Waals surface area contributed by atoms with Crippen LogP contribution in [-0.2, 0) is 12.8 Å². The first kappa shape index (κ1) is 23.0. The number of hydrogen-bond acceptors (Lipinski definition) is 1. The topological polar surface area (TPSA) is 12.9 Å². The van der Waals surface area contributed by atoms with Crippen LogP contribution >= 0.6 is 0 Å². The number of aromatic nitrogens is 1. The Labute approximate surface area is 185 Å². The van der Waals surface area contributed by atoms with E-state index in [9.17, 15) is 0 Å². The standard InChI is InChI=1S/C29H43N/c1-3-5-6-7-8-9-10-25-17-20-28(21-18-25)29-22-19-27(23-30-29)16-15-26-13-11-24(4-2)12-14-26/h17-24,26H,3-16H2,1-2H3/t24-,26-. The van der Waals surface area contributed by atoms with Crippen LogP contribution in [0.3, 0.4) is 0 Å². The van der Waals surface area contributed by atoms with Gasteiger partial charge in [0, 0.05) is 11.8 Å². The summed E-state index contributed by atoms with van der Waals surface area (Å²) in [7, 11) is 0. The van der Waals surface area contributed by atoms with Gasteiger partial charge in [0.2, 0.25) is 0 Å². The second kappa shape index (κ2) is 12.9. The van der Waals surface area contributed by atoms with Crippen LogP contribution in [0.15, 0.2) is 42.6 Å². The van der Waals surface area contributed by atoms with Gasteiger partial charge < -0.3 is 0 Å². The van der Waals surface area contributed by atoms with Gasteiger partial charge in [-0.1, -0.05) is 108 Å². The van der Waals surface area contributed by atoms with Crippen molar-refractivity contribution in [3.63, 3.8) is 0 Å². The Balaban J connectivity index is 1.41. The fourth-order valence-corrected chi connectivity index (χ4v) is 4.99. The Morgan fingerprint density at radius 3 is 2.03 bits per heavy atom. The first-order valence-corrected chi connectivity index (χ1v) is 12.8. The molecular formula is C29H43N. The Morgan fingerprint density at radius 2 is 1.37 bits per heavy atom. The molecule has 1 aliphatic carbocycles. The molecule has 1 fully saturated rings. The van der Waals surface area contributed by atoms with Crippen LogP contribution in [-0.4, -0.2) is 4.98 Å². The summed E-state index contributed by atoms with van der Waals surface area (Å²) in [5, 5.41) is 0. The average molecular weight is 406 g/mol. The van der Waals surface area contributed by atoms with Crippen LogP contribution in [0.2, 0.25) is 0 Å². The van der Waals surface area contributed by atoms with E-state index < -0.39 is 0 Å². The summed E-state index contributed by atoms with van der Waals surface area (Å²) in [6, 6.07) is 13.6. The van der Waals surface area contributed by atoms with Crippen molar-refractivity contribution in [3.8, 4) is 11.3 Å². The van der Waals surface area contributed by atoms with Gasteiger partial charge in [-0.15, -0.1) is 0 Å². The van der Waals surface area contributed by atoms with E-state index in [2.05, 4.69) is 56.4 Å². The summed E-state index contributed by atoms with van der Waals surface area (Å²) in [6.07, 6.45) is 21.2. The molecule has 0 saturated heterocycles. The van der Waals surface area contributed by atoms with Crippen LogP contribution in [0.1, 0.15) is 102 Å². The molecule has 0 aliphatic heterocycles. The number of rotatable bonds is 12. The maximum absolute atomic E-state index is 4.77. The van der Waals surface area contributed by atoms with E-state index in [4.69, 9.17) is 4.98 Å². The normalized spacial score (nSPS) is 19.1. The minimum absolute atomic E-state index is 0.937. The molecule has 0 radical (unpaired) electrons. The highest BCUT2D eigenvalue weighted by molar-refractivity contribution is 5.59. The fraction of sp³-hybridized carbons (Fsp3) is 0.621. The molecule has 1 heteroatoms. The third-order valence-electron chi connectivity index (χ3n) is 7.28. The van der Waals surface area contributed by atoms with Crippen LogP contribution in [0, 0.1) is 11.8 Å². The van der Waals surface area contributed by atoms with Crippen molar-refractivity contribution in [2.75, 3.05) is 0 Å². The zero-order valence-electron chi connectivity index (χ0n) is 19.5. The molecule has 30 heavy (non-hydrogen) atoms. The van der Waals surface area contributed by atoms with E-state index >= 15 is 0 Å². The molecule has 1 nitrogen and oxygen atoms in total. The average Bonchev–Trinajstić information content (AvgIpc) is 2.81. The second-order valence-electron chi connectivity index (χ2n) is 9.60. The molecule has 1 aromatic carbocycles. The Morgan fingerprint density at radius 1 is 0.700 bits per heavy atom. The molecule has 3 rings (SSSR count). The monoisotopic (exact) mass is 405 g/mol. The molecule has 0 bridgehead atoms. The van der Waals surface area contributed by atoms with Gasteiger partial charge in [-0.2, -0.15) is 0 Å². The van der Waals surface area contributed by atoms with Gasteiger partial charge in [0.1, 0.15) is 0 Å². The smallest absolute Gasteiger partial charge is 0.0702 e. The minimum Gasteiger partial charge on any atom is -0.256 e. The Hall–Kier alpha value is -1.63. The molecule has 1 heterocycles. The molecule has 0 N–H and O–H groups in total. The van der Waals surface area contributed by atoms with Crippen LogP contribution in [0.4, 0.5) is 0 Å². The Bertz CT molecular complexity index is 692. The zero-order valence-corrected chi connectivity index (χ0v) is 19.5. The lowest BCUT2D eigenvalue weighted by atomic mass is 9.79. The SMILES string of the molecule is CCCCCCCCc1ccc(-c2ccc(CC[C@H]3CC[C@H](CC)CC3)cn2)cc1. The van der Waals surface area contributed by atoms with Crippen molar-refractivity contribution < 1.29 is 0 Å². The van der Waals surface area contributed by atoms with Gasteiger partial charge in [0.05, 0.1) is 5.69 Å². The number of hydrogen-bond donors (Lipinski definition) is 0. The molecule has 0 spiro atoms. The lowest BCUT2D eigenvalue weighted by molar-refractivity contribution is 0.259. The van der Waals surface area contributed by atoms with E-state index in [-0.39, 0.29) is 0 Å². The summed E-state index contributed by atoms with van der Waals surface area (Å²) >= 11 is 0. The highest BCUT2D eigenvalue weighted by Gasteiger charge is 2.19. The molecule has 0 amide bonds. The van der Waals surface area contributed by atoms with Crippen molar-refractivity contribution in [3.05, 3.63) is 53.7 Å². The highest BCUT2D eigenvalue weighted by atomic mass is 14.7. The number of nitrogens with zero attached hydrogens (tertiary/aromatic N) is 1. The van der Waals surface area contributed by atoms with Crippen molar-refractivity contribution >= 4 is 0 Å². The van der Waals surface area contributed by atoms with Gasteiger partial charge in [-0.3, -0.25) is 4.98 Å². The van der Waals surface area contributed by atoms with E-state index in [1.54, 1.807) is 0 Å². The zero-order chi connectivity index (χ0) is 21.0. The fourth-order valence-electron chi connectivity index (χ4n) is 4.99. The van der Waals surface area contributed by atoms with Crippen molar-refractivity contribution in [2.24, 2.45) is 11.8 Å². The summed E-state index contributed by atoms with van der Waals surface area (Å²) in [5.74, 6) is 1.94. The molecule has 0 atom stereocenters. The van der Waals surface area contributed by atoms with Crippen LogP contribution < -0.4 is 0 Å². The first-order chi connectivity index (χ1) is 14.8. The van der Waals surface area contributed by atoms with Crippen LogP contribution in [0.5, 0.6) is 0 Å². The first-order valence-electron chi connectivity index (χ1n) is 12.8. The van der Waals surface area contributed by atoms with Gasteiger partial charge in [0.25, 0.3) is 0 Å². The highest BCUT2D eigenvalue weighted by Crippen LogP contribution is 2.33. The molecule has 1 saturated carbocycles. The predicted octanol–water partition coefficient (Wildman–Crippen LogP) is 8.80. The summed E-state index contributed by atoms with van der Waals surface area (Å²) in [6.45, 7) is 4.63. The van der Waals surface area contributed by atoms with Crippen molar-refractivity contribution in [1.29, 1.82) is 0 Å². The number of aryl methyl sites for hydroxylation is 2. The minimum atomic E-state index is 0.937. The van der Waals surface area contributed by atoms with E-state index in [0.29, 0.717) is 0 Å². The molecule has 164 valence electrons. The van der Waals surface area contributed by atoms with Crippen molar-refractivity contribution in [2.45, 2.75) is 104 Å². The molecule has 1 aromatic heterocycles. The maximum atomic E-state index is 4.77. The van der Waals surface area contributed by atoms with Gasteiger partial charge in [0.15, 0.2) is 0 Å². The van der Waals surface area contributed by atoms with Gasteiger partial charge in [-0.05, 0) is 54.7 Å².